The summed E-state index contributed by atoms with van der Waals surface area (Å²) in [7, 11) is 0. The molecule has 2 aromatic carbocycles. The molecule has 5 heteroatoms. The van der Waals surface area contributed by atoms with Crippen molar-refractivity contribution >= 4 is 5.91 Å². The zero-order valence-electron chi connectivity index (χ0n) is 17.6. The van der Waals surface area contributed by atoms with E-state index >= 15 is 0 Å². The second-order valence-electron chi connectivity index (χ2n) is 7.53. The van der Waals surface area contributed by atoms with Crippen LogP contribution in [0.5, 0.6) is 0 Å². The molecule has 0 saturated carbocycles. The Kier molecular flexibility index (Phi) is 8.05. The molecule has 1 fully saturated rings. The summed E-state index contributed by atoms with van der Waals surface area (Å²) >= 11 is 0. The summed E-state index contributed by atoms with van der Waals surface area (Å²) in [6, 6.07) is 23.2. The number of nitrogens with one attached hydrogen (secondary N) is 1. The first-order valence-electron chi connectivity index (χ1n) is 10.7. The van der Waals surface area contributed by atoms with Crippen LogP contribution in [0, 0.1) is 11.3 Å². The van der Waals surface area contributed by atoms with E-state index in [-0.39, 0.29) is 17.5 Å². The van der Waals surface area contributed by atoms with Crippen molar-refractivity contribution in [3.63, 3.8) is 0 Å². The number of nitriles is 1. The van der Waals surface area contributed by atoms with Gasteiger partial charge < -0.3 is 10.2 Å². The van der Waals surface area contributed by atoms with Gasteiger partial charge in [-0.05, 0) is 17.5 Å². The summed E-state index contributed by atoms with van der Waals surface area (Å²) in [6.45, 7) is 5.65. The van der Waals surface area contributed by atoms with Crippen LogP contribution in [0.3, 0.4) is 0 Å². The lowest BCUT2D eigenvalue weighted by atomic mass is 9.96. The standard InChI is InChI=1S/C25H30N4O/c1-2-3-14-27-20-23(19-26)25(30)29-17-15-28(16-18-29)24(21-10-6-4-7-11-21)22-12-8-5-9-13-22/h4-13,20,24,27H,2-3,14-18H2,1H3/b23-20-. The first-order valence-corrected chi connectivity index (χ1v) is 10.7. The largest absolute Gasteiger partial charge is 0.390 e. The van der Waals surface area contributed by atoms with E-state index < -0.39 is 0 Å². The molecule has 30 heavy (non-hydrogen) atoms. The highest BCUT2D eigenvalue weighted by Crippen LogP contribution is 2.29. The number of carbonyl (C=O) groups is 1. The van der Waals surface area contributed by atoms with Crippen LogP contribution >= 0.6 is 0 Å². The monoisotopic (exact) mass is 402 g/mol. The van der Waals surface area contributed by atoms with Crippen molar-refractivity contribution in [3.8, 4) is 6.07 Å². The van der Waals surface area contributed by atoms with Crippen molar-refractivity contribution in [2.24, 2.45) is 0 Å². The summed E-state index contributed by atoms with van der Waals surface area (Å²) in [4.78, 5) is 17.0. The number of hydrogen-bond acceptors (Lipinski definition) is 4. The molecule has 1 amide bonds. The maximum Gasteiger partial charge on any atom is 0.266 e. The van der Waals surface area contributed by atoms with Crippen LogP contribution < -0.4 is 5.32 Å². The molecule has 0 spiro atoms. The van der Waals surface area contributed by atoms with E-state index in [1.807, 2.05) is 12.1 Å². The maximum atomic E-state index is 12.8. The van der Waals surface area contributed by atoms with Gasteiger partial charge in [0.2, 0.25) is 0 Å². The molecule has 1 aliphatic rings. The lowest BCUT2D eigenvalue weighted by Crippen LogP contribution is -2.50. The third-order valence-electron chi connectivity index (χ3n) is 5.47. The molecule has 0 aliphatic carbocycles. The Bertz CT molecular complexity index is 826. The van der Waals surface area contributed by atoms with E-state index in [4.69, 9.17) is 0 Å². The Morgan fingerprint density at radius 2 is 1.60 bits per heavy atom. The van der Waals surface area contributed by atoms with Gasteiger partial charge in [0.05, 0.1) is 6.04 Å². The molecule has 0 aromatic heterocycles. The molecular weight excluding hydrogens is 372 g/mol. The van der Waals surface area contributed by atoms with Crippen molar-refractivity contribution in [2.45, 2.75) is 25.8 Å². The van der Waals surface area contributed by atoms with Gasteiger partial charge in [0, 0.05) is 38.9 Å². The summed E-state index contributed by atoms with van der Waals surface area (Å²) in [5, 5.41) is 12.5. The molecule has 0 bridgehead atoms. The number of carbonyl (C=O) groups excluding carboxylic acids is 1. The van der Waals surface area contributed by atoms with Crippen molar-refractivity contribution < 1.29 is 4.79 Å². The fraction of sp³-hybridized carbons (Fsp3) is 0.360. The Balaban J connectivity index is 1.68. The molecule has 1 saturated heterocycles. The second-order valence-corrected chi connectivity index (χ2v) is 7.53. The van der Waals surface area contributed by atoms with Crippen LogP contribution in [0.1, 0.15) is 36.9 Å². The van der Waals surface area contributed by atoms with E-state index in [0.29, 0.717) is 13.1 Å². The van der Waals surface area contributed by atoms with E-state index in [1.165, 1.54) is 11.1 Å². The molecule has 2 aromatic rings. The predicted molar refractivity (Wildman–Crippen MR) is 119 cm³/mol. The lowest BCUT2D eigenvalue weighted by Gasteiger charge is -2.39. The topological polar surface area (TPSA) is 59.4 Å². The molecule has 0 atom stereocenters. The predicted octanol–water partition coefficient (Wildman–Crippen LogP) is 3.72. The van der Waals surface area contributed by atoms with Gasteiger partial charge in [-0.1, -0.05) is 74.0 Å². The van der Waals surface area contributed by atoms with E-state index in [1.54, 1.807) is 11.1 Å². The zero-order chi connectivity index (χ0) is 21.2. The first kappa shape index (κ1) is 21.6. The van der Waals surface area contributed by atoms with Crippen molar-refractivity contribution in [2.75, 3.05) is 32.7 Å². The van der Waals surface area contributed by atoms with Gasteiger partial charge in [-0.25, -0.2) is 0 Å². The molecule has 0 radical (unpaired) electrons. The fourth-order valence-electron chi connectivity index (χ4n) is 3.83. The molecule has 3 rings (SSSR count). The summed E-state index contributed by atoms with van der Waals surface area (Å²) < 4.78 is 0. The van der Waals surface area contributed by atoms with Crippen LogP contribution in [0.25, 0.3) is 0 Å². The van der Waals surface area contributed by atoms with Crippen LogP contribution in [0.4, 0.5) is 0 Å². The Hall–Kier alpha value is -3.10. The number of rotatable bonds is 8. The number of hydrogen-bond donors (Lipinski definition) is 1. The number of nitrogens with zero attached hydrogens (tertiary/aromatic N) is 3. The summed E-state index contributed by atoms with van der Waals surface area (Å²) in [5.74, 6) is -0.183. The number of piperazine rings is 1. The minimum absolute atomic E-state index is 0.159. The van der Waals surface area contributed by atoms with Gasteiger partial charge in [-0.3, -0.25) is 9.69 Å². The summed E-state index contributed by atoms with van der Waals surface area (Å²) in [5.41, 5.74) is 2.68. The molecule has 1 aliphatic heterocycles. The smallest absolute Gasteiger partial charge is 0.266 e. The molecular formula is C25H30N4O. The van der Waals surface area contributed by atoms with Gasteiger partial charge in [0.15, 0.2) is 0 Å². The third kappa shape index (κ3) is 5.49. The molecule has 0 unspecified atom stereocenters. The van der Waals surface area contributed by atoms with Crippen LogP contribution in [0.15, 0.2) is 72.4 Å². The minimum atomic E-state index is -0.183. The zero-order valence-corrected chi connectivity index (χ0v) is 17.6. The van der Waals surface area contributed by atoms with Gasteiger partial charge in [-0.2, -0.15) is 5.26 Å². The highest BCUT2D eigenvalue weighted by Gasteiger charge is 2.29. The summed E-state index contributed by atoms with van der Waals surface area (Å²) in [6.07, 6.45) is 3.66. The normalized spacial score (nSPS) is 15.1. The number of amides is 1. The van der Waals surface area contributed by atoms with Gasteiger partial charge >= 0.3 is 0 Å². The van der Waals surface area contributed by atoms with Crippen molar-refractivity contribution in [1.82, 2.24) is 15.1 Å². The average molecular weight is 403 g/mol. The van der Waals surface area contributed by atoms with Gasteiger partial charge in [0.1, 0.15) is 11.6 Å². The Morgan fingerprint density at radius 3 is 2.10 bits per heavy atom. The Morgan fingerprint density at radius 1 is 1.03 bits per heavy atom. The molecule has 5 nitrogen and oxygen atoms in total. The van der Waals surface area contributed by atoms with Crippen molar-refractivity contribution in [3.05, 3.63) is 83.6 Å². The molecule has 1 N–H and O–H groups in total. The van der Waals surface area contributed by atoms with Gasteiger partial charge in [0.25, 0.3) is 5.91 Å². The van der Waals surface area contributed by atoms with Crippen LogP contribution in [-0.4, -0.2) is 48.4 Å². The second kappa shape index (κ2) is 11.2. The molecule has 1 heterocycles. The quantitative estimate of drug-likeness (QED) is 0.415. The molecule has 156 valence electrons. The first-order chi connectivity index (χ1) is 14.7. The van der Waals surface area contributed by atoms with Gasteiger partial charge in [-0.15, -0.1) is 0 Å². The van der Waals surface area contributed by atoms with Crippen molar-refractivity contribution in [1.29, 1.82) is 5.26 Å². The van der Waals surface area contributed by atoms with Crippen LogP contribution in [0.2, 0.25) is 0 Å². The fourth-order valence-corrected chi connectivity index (χ4v) is 3.83. The number of benzene rings is 2. The Labute approximate surface area is 179 Å². The number of unbranched alkanes of at least 4 members (excludes halogenated alkanes) is 1. The average Bonchev–Trinajstić information content (AvgIpc) is 2.81. The maximum absolute atomic E-state index is 12.8. The lowest BCUT2D eigenvalue weighted by molar-refractivity contribution is -0.128. The van der Waals surface area contributed by atoms with E-state index in [2.05, 4.69) is 71.7 Å². The SMILES string of the molecule is CCCCN/C=C(/C#N)C(=O)N1CCN(C(c2ccccc2)c2ccccc2)CC1. The van der Waals surface area contributed by atoms with Crippen LogP contribution in [-0.2, 0) is 4.79 Å². The van der Waals surface area contributed by atoms with E-state index in [9.17, 15) is 10.1 Å². The van der Waals surface area contributed by atoms with E-state index in [0.717, 1.165) is 32.5 Å². The minimum Gasteiger partial charge on any atom is -0.390 e. The highest BCUT2D eigenvalue weighted by molar-refractivity contribution is 5.97. The third-order valence-corrected chi connectivity index (χ3v) is 5.47. The highest BCUT2D eigenvalue weighted by atomic mass is 16.2.